The van der Waals surface area contributed by atoms with Crippen LogP contribution in [-0.2, 0) is 6.54 Å². The lowest BCUT2D eigenvalue weighted by atomic mass is 10.1. The number of benzene rings is 3. The fourth-order valence-corrected chi connectivity index (χ4v) is 3.41. The highest BCUT2D eigenvalue weighted by Crippen LogP contribution is 2.36. The molecule has 0 fully saturated rings. The summed E-state index contributed by atoms with van der Waals surface area (Å²) in [5.74, 6) is -0.0936. The molecule has 5 aromatic rings. The van der Waals surface area contributed by atoms with Crippen LogP contribution in [0.25, 0.3) is 21.8 Å². The number of nitrogens with one attached hydrogen (secondary N) is 1. The van der Waals surface area contributed by atoms with Crippen LogP contribution in [0, 0.1) is 5.82 Å². The van der Waals surface area contributed by atoms with Gasteiger partial charge in [-0.05, 0) is 23.8 Å². The zero-order valence-electron chi connectivity index (χ0n) is 15.6. The third-order valence-corrected chi connectivity index (χ3v) is 4.63. The molecule has 3 aromatic carbocycles. The molecule has 2 N–H and O–H groups in total. The van der Waals surface area contributed by atoms with E-state index in [-0.39, 0.29) is 28.5 Å². The Morgan fingerprint density at radius 1 is 0.793 bits per heavy atom. The Kier molecular flexibility index (Phi) is 6.62. The van der Waals surface area contributed by atoms with Crippen molar-refractivity contribution < 1.29 is 31.5 Å². The molecule has 0 atom stereocenters. The Morgan fingerprint density at radius 3 is 2.14 bits per heavy atom. The minimum atomic E-state index is -0.274. The van der Waals surface area contributed by atoms with Crippen LogP contribution in [-0.4, -0.2) is 9.67 Å². The molecule has 0 unspecified atom stereocenters. The first-order valence-electron chi connectivity index (χ1n) is 9.09. The number of hydrogen-bond acceptors (Lipinski definition) is 1. The number of rotatable bonds is 2. The Balaban J connectivity index is 0.000000297. The van der Waals surface area contributed by atoms with Crippen molar-refractivity contribution in [3.05, 3.63) is 109 Å². The molecule has 0 bridgehead atoms. The molecule has 0 saturated carbocycles. The van der Waals surface area contributed by atoms with E-state index in [1.165, 1.54) is 6.07 Å². The molecule has 5 rings (SSSR count). The van der Waals surface area contributed by atoms with E-state index in [4.69, 9.17) is 0 Å². The van der Waals surface area contributed by atoms with Gasteiger partial charge in [0.2, 0.25) is 0 Å². The van der Waals surface area contributed by atoms with Crippen molar-refractivity contribution in [2.75, 3.05) is 0 Å². The van der Waals surface area contributed by atoms with Crippen molar-refractivity contribution in [1.82, 2.24) is 4.57 Å². The summed E-state index contributed by atoms with van der Waals surface area (Å²) < 4.78 is 16.3. The van der Waals surface area contributed by atoms with Crippen LogP contribution in [0.15, 0.2) is 97.3 Å². The number of phenols is 1. The monoisotopic (exact) mass is 450 g/mol. The Labute approximate surface area is 178 Å². The van der Waals surface area contributed by atoms with Gasteiger partial charge in [-0.3, -0.25) is 0 Å². The fraction of sp³-hybridized carbons (Fsp3) is 0.0417. The lowest BCUT2D eigenvalue weighted by Gasteiger charge is -2.08. The predicted octanol–water partition coefficient (Wildman–Crippen LogP) is 2.19. The first-order chi connectivity index (χ1) is 13.8. The molecule has 0 radical (unpaired) electrons. The molecule has 0 spiro atoms. The van der Waals surface area contributed by atoms with Crippen LogP contribution in [0.1, 0.15) is 5.56 Å². The molecular formula is C24H20BrFN2O. The quantitative estimate of drug-likeness (QED) is 0.439. The predicted molar refractivity (Wildman–Crippen MR) is 110 cm³/mol. The molecular weight excluding hydrogens is 431 g/mol. The van der Waals surface area contributed by atoms with E-state index in [9.17, 15) is 9.50 Å². The standard InChI is InChI=1S/C19H14FNO.C5H5N.BrH/c20-15-9-4-8-14-18-16(10-5-11-17(18)22)21(19(14)15)12-13-6-2-1-3-7-13;1-2-4-6-5-3-1;/h1-11,22H,12H2;1-5H;1H. The number of para-hydroxylation sites is 1. The molecule has 0 saturated heterocycles. The van der Waals surface area contributed by atoms with Crippen molar-refractivity contribution >= 4 is 21.8 Å². The molecule has 0 amide bonds. The summed E-state index contributed by atoms with van der Waals surface area (Å²) in [5.41, 5.74) is 2.46. The van der Waals surface area contributed by atoms with Crippen LogP contribution >= 0.6 is 0 Å². The highest BCUT2D eigenvalue weighted by atomic mass is 79.9. The highest BCUT2D eigenvalue weighted by molar-refractivity contribution is 6.11. The average Bonchev–Trinajstić information content (AvgIpc) is 3.07. The van der Waals surface area contributed by atoms with Gasteiger partial charge in [0.15, 0.2) is 12.4 Å². The summed E-state index contributed by atoms with van der Waals surface area (Å²) in [7, 11) is 0. The SMILES string of the molecule is Oc1cccc2c1c1cccc(F)c1n2Cc1ccccc1.[Br-].c1cc[nH+]cc1. The minimum Gasteiger partial charge on any atom is -1.00 e. The first kappa shape index (κ1) is 20.6. The molecule has 29 heavy (non-hydrogen) atoms. The zero-order valence-corrected chi connectivity index (χ0v) is 17.2. The molecule has 2 aromatic heterocycles. The second-order valence-electron chi connectivity index (χ2n) is 6.46. The van der Waals surface area contributed by atoms with Crippen LogP contribution in [0.2, 0.25) is 0 Å². The number of aromatic nitrogens is 2. The number of hydrogen-bond donors (Lipinski definition) is 1. The van der Waals surface area contributed by atoms with Gasteiger partial charge in [0.25, 0.3) is 0 Å². The van der Waals surface area contributed by atoms with Crippen LogP contribution in [0.3, 0.4) is 0 Å². The van der Waals surface area contributed by atoms with E-state index < -0.39 is 0 Å². The molecule has 146 valence electrons. The number of fused-ring (bicyclic) bond motifs is 3. The zero-order chi connectivity index (χ0) is 19.3. The van der Waals surface area contributed by atoms with E-state index in [2.05, 4.69) is 4.98 Å². The van der Waals surface area contributed by atoms with Crippen molar-refractivity contribution in [1.29, 1.82) is 0 Å². The molecule has 0 aliphatic rings. The van der Waals surface area contributed by atoms with Crippen LogP contribution in [0.4, 0.5) is 4.39 Å². The van der Waals surface area contributed by atoms with Gasteiger partial charge in [-0.15, -0.1) is 0 Å². The fourth-order valence-electron chi connectivity index (χ4n) is 3.41. The topological polar surface area (TPSA) is 39.3 Å². The number of pyridine rings is 1. The Bertz CT molecular complexity index is 1180. The van der Waals surface area contributed by atoms with Gasteiger partial charge in [0.1, 0.15) is 11.6 Å². The van der Waals surface area contributed by atoms with Gasteiger partial charge >= 0.3 is 0 Å². The number of H-pyrrole nitrogens is 1. The minimum absolute atomic E-state index is 0. The highest BCUT2D eigenvalue weighted by Gasteiger charge is 2.16. The number of aromatic hydroxyl groups is 1. The number of nitrogens with zero attached hydrogens (tertiary/aromatic N) is 1. The Morgan fingerprint density at radius 2 is 1.48 bits per heavy atom. The van der Waals surface area contributed by atoms with Gasteiger partial charge < -0.3 is 26.7 Å². The largest absolute Gasteiger partial charge is 1.00 e. The van der Waals surface area contributed by atoms with E-state index in [0.717, 1.165) is 16.5 Å². The smallest absolute Gasteiger partial charge is 0.166 e. The molecule has 3 nitrogen and oxygen atoms in total. The lowest BCUT2D eigenvalue weighted by molar-refractivity contribution is -0.377. The molecule has 0 aliphatic carbocycles. The number of aromatic amines is 1. The molecule has 2 heterocycles. The van der Waals surface area contributed by atoms with Crippen molar-refractivity contribution in [2.24, 2.45) is 0 Å². The summed E-state index contributed by atoms with van der Waals surface area (Å²) in [4.78, 5) is 2.89. The number of halogens is 2. The average molecular weight is 451 g/mol. The number of phenolic OH excluding ortho intramolecular Hbond substituents is 1. The first-order valence-corrected chi connectivity index (χ1v) is 9.09. The van der Waals surface area contributed by atoms with Gasteiger partial charge in [0, 0.05) is 29.4 Å². The van der Waals surface area contributed by atoms with Gasteiger partial charge in [-0.25, -0.2) is 9.37 Å². The summed E-state index contributed by atoms with van der Waals surface area (Å²) in [6.07, 6.45) is 3.75. The van der Waals surface area contributed by atoms with Gasteiger partial charge in [-0.2, -0.15) is 0 Å². The summed E-state index contributed by atoms with van der Waals surface area (Å²) >= 11 is 0. The van der Waals surface area contributed by atoms with E-state index in [1.807, 2.05) is 77.6 Å². The van der Waals surface area contributed by atoms with E-state index >= 15 is 0 Å². The van der Waals surface area contributed by atoms with Crippen LogP contribution in [0.5, 0.6) is 5.75 Å². The molecule has 5 heteroatoms. The maximum Gasteiger partial charge on any atom is 0.166 e. The normalized spacial score (nSPS) is 10.2. The summed E-state index contributed by atoms with van der Waals surface area (Å²) in [6, 6.07) is 26.1. The lowest BCUT2D eigenvalue weighted by Crippen LogP contribution is -3.00. The van der Waals surface area contributed by atoms with Gasteiger partial charge in [0.05, 0.1) is 11.0 Å². The van der Waals surface area contributed by atoms with Crippen LogP contribution < -0.4 is 22.0 Å². The third kappa shape index (κ3) is 4.30. The summed E-state index contributed by atoms with van der Waals surface area (Å²) in [6.45, 7) is 0.561. The van der Waals surface area contributed by atoms with Crippen molar-refractivity contribution in [2.45, 2.75) is 6.54 Å². The van der Waals surface area contributed by atoms with Crippen molar-refractivity contribution in [3.63, 3.8) is 0 Å². The molecule has 0 aliphatic heterocycles. The Hall–Kier alpha value is -3.18. The van der Waals surface area contributed by atoms with E-state index in [1.54, 1.807) is 18.2 Å². The maximum atomic E-state index is 14.4. The van der Waals surface area contributed by atoms with Crippen molar-refractivity contribution in [3.8, 4) is 5.75 Å². The second-order valence-corrected chi connectivity index (χ2v) is 6.46. The second kappa shape index (κ2) is 9.34. The maximum absolute atomic E-state index is 14.4. The summed E-state index contributed by atoms with van der Waals surface area (Å²) in [5, 5.41) is 11.6. The van der Waals surface area contributed by atoms with E-state index in [0.29, 0.717) is 17.4 Å². The van der Waals surface area contributed by atoms with Gasteiger partial charge in [-0.1, -0.05) is 54.6 Å². The third-order valence-electron chi connectivity index (χ3n) is 4.63.